The molecule has 0 aromatic heterocycles. The molecular formula is C31H32N2O2. The Hall–Kier alpha value is -3.66. The van der Waals surface area contributed by atoms with Gasteiger partial charge >= 0.3 is 0 Å². The lowest BCUT2D eigenvalue weighted by Gasteiger charge is -2.35. The second-order valence-corrected chi connectivity index (χ2v) is 9.51. The van der Waals surface area contributed by atoms with E-state index >= 15 is 0 Å². The minimum absolute atomic E-state index is 0.0632. The van der Waals surface area contributed by atoms with Gasteiger partial charge in [0.15, 0.2) is 5.78 Å². The van der Waals surface area contributed by atoms with Gasteiger partial charge in [0.05, 0.1) is 17.4 Å². The number of allylic oxidation sites excluding steroid dienone is 1. The molecule has 1 amide bonds. The van der Waals surface area contributed by atoms with E-state index in [2.05, 4.69) is 24.4 Å². The van der Waals surface area contributed by atoms with Crippen LogP contribution in [-0.2, 0) is 9.59 Å². The van der Waals surface area contributed by atoms with E-state index in [0.717, 1.165) is 53.9 Å². The number of para-hydroxylation sites is 2. The number of amides is 1. The van der Waals surface area contributed by atoms with Gasteiger partial charge < -0.3 is 5.32 Å². The molecule has 1 heterocycles. The first-order valence-electron chi connectivity index (χ1n) is 12.7. The van der Waals surface area contributed by atoms with E-state index in [1.807, 2.05) is 77.7 Å². The number of hydrogen-bond acceptors (Lipinski definition) is 3. The summed E-state index contributed by atoms with van der Waals surface area (Å²) in [5, 5.41) is 3.61. The van der Waals surface area contributed by atoms with Gasteiger partial charge in [-0.05, 0) is 42.0 Å². The van der Waals surface area contributed by atoms with Gasteiger partial charge in [0.1, 0.15) is 0 Å². The highest BCUT2D eigenvalue weighted by Crippen LogP contribution is 2.47. The summed E-state index contributed by atoms with van der Waals surface area (Å²) in [5.41, 5.74) is 5.51. The molecule has 0 saturated carbocycles. The van der Waals surface area contributed by atoms with E-state index in [9.17, 15) is 9.59 Å². The van der Waals surface area contributed by atoms with Crippen molar-refractivity contribution in [3.8, 4) is 0 Å². The number of nitrogens with one attached hydrogen (secondary N) is 1. The summed E-state index contributed by atoms with van der Waals surface area (Å²) in [6, 6.07) is 27.8. The molecule has 35 heavy (non-hydrogen) atoms. The monoisotopic (exact) mass is 464 g/mol. The first-order chi connectivity index (χ1) is 17.2. The largest absolute Gasteiger partial charge is 0.357 e. The number of nitrogens with zero attached hydrogens (tertiary/aromatic N) is 1. The smallest absolute Gasteiger partial charge is 0.227 e. The van der Waals surface area contributed by atoms with Crippen LogP contribution < -0.4 is 10.2 Å². The summed E-state index contributed by atoms with van der Waals surface area (Å²) < 4.78 is 0. The lowest BCUT2D eigenvalue weighted by atomic mass is 9.78. The second kappa shape index (κ2) is 10.3. The molecule has 3 aromatic carbocycles. The number of unbranched alkanes of at least 4 members (excludes halogenated alkanes) is 2. The highest BCUT2D eigenvalue weighted by atomic mass is 16.2. The summed E-state index contributed by atoms with van der Waals surface area (Å²) >= 11 is 0. The van der Waals surface area contributed by atoms with Crippen molar-refractivity contribution in [3.63, 3.8) is 0 Å². The molecule has 0 radical (unpaired) electrons. The standard InChI is InChI=1S/C31H32N2O2/c1-2-3-6-19-29(35)33-27-18-12-11-17-25(27)32-26-20-24(22-13-7-4-8-14-22)21-28(34)30(26)31(33)23-15-9-5-10-16-23/h4-5,7-18,24,31-32H,2-3,6,19-21H2,1H3/t24-,31-/m0/s1. The molecule has 2 aliphatic rings. The molecule has 0 saturated heterocycles. The lowest BCUT2D eigenvalue weighted by Crippen LogP contribution is -2.38. The van der Waals surface area contributed by atoms with Gasteiger partial charge in [0.2, 0.25) is 5.91 Å². The minimum Gasteiger partial charge on any atom is -0.357 e. The van der Waals surface area contributed by atoms with Crippen molar-refractivity contribution in [2.75, 3.05) is 10.2 Å². The maximum absolute atomic E-state index is 13.9. The zero-order valence-corrected chi connectivity index (χ0v) is 20.2. The average Bonchev–Trinajstić information content (AvgIpc) is 3.04. The van der Waals surface area contributed by atoms with Gasteiger partial charge in [0, 0.05) is 24.1 Å². The van der Waals surface area contributed by atoms with E-state index in [4.69, 9.17) is 0 Å². The SMILES string of the molecule is CCCCCC(=O)N1c2ccccc2NC2=C(C(=O)C[C@@H](c3ccccc3)C2)[C@@H]1c1ccccc1. The quantitative estimate of drug-likeness (QED) is 0.394. The molecule has 1 N–H and O–H groups in total. The third-order valence-electron chi connectivity index (χ3n) is 7.14. The van der Waals surface area contributed by atoms with E-state index in [-0.39, 0.29) is 17.6 Å². The molecule has 1 aliphatic carbocycles. The van der Waals surface area contributed by atoms with Crippen molar-refractivity contribution in [3.05, 3.63) is 107 Å². The predicted molar refractivity (Wildman–Crippen MR) is 141 cm³/mol. The van der Waals surface area contributed by atoms with Gasteiger partial charge in [-0.25, -0.2) is 0 Å². The van der Waals surface area contributed by atoms with Crippen LogP contribution in [0.2, 0.25) is 0 Å². The molecular weight excluding hydrogens is 432 g/mol. The molecule has 178 valence electrons. The van der Waals surface area contributed by atoms with Crippen LogP contribution in [0.5, 0.6) is 0 Å². The van der Waals surface area contributed by atoms with Crippen LogP contribution in [0, 0.1) is 0 Å². The van der Waals surface area contributed by atoms with Crippen molar-refractivity contribution < 1.29 is 9.59 Å². The number of ketones is 1. The Labute approximate surface area is 207 Å². The summed E-state index contributed by atoms with van der Waals surface area (Å²) in [4.78, 5) is 29.6. The van der Waals surface area contributed by atoms with E-state index < -0.39 is 6.04 Å². The molecule has 0 spiro atoms. The van der Waals surface area contributed by atoms with Crippen LogP contribution >= 0.6 is 0 Å². The third-order valence-corrected chi connectivity index (χ3v) is 7.14. The molecule has 0 unspecified atom stereocenters. The third kappa shape index (κ3) is 4.66. The Morgan fingerprint density at radius 2 is 1.51 bits per heavy atom. The number of anilines is 2. The topological polar surface area (TPSA) is 49.4 Å². The maximum atomic E-state index is 13.9. The van der Waals surface area contributed by atoms with Gasteiger partial charge in [-0.3, -0.25) is 14.5 Å². The number of hydrogen-bond donors (Lipinski definition) is 1. The lowest BCUT2D eigenvalue weighted by molar-refractivity contribution is -0.119. The number of benzene rings is 3. The summed E-state index contributed by atoms with van der Waals surface area (Å²) in [6.45, 7) is 2.14. The fraction of sp³-hybridized carbons (Fsp3) is 0.290. The van der Waals surface area contributed by atoms with Crippen LogP contribution in [0.1, 0.15) is 68.5 Å². The summed E-state index contributed by atoms with van der Waals surface area (Å²) in [5.74, 6) is 0.291. The van der Waals surface area contributed by atoms with Gasteiger partial charge in [-0.15, -0.1) is 0 Å². The minimum atomic E-state index is -0.444. The molecule has 3 aromatic rings. The average molecular weight is 465 g/mol. The van der Waals surface area contributed by atoms with Crippen molar-refractivity contribution in [2.45, 2.75) is 57.4 Å². The van der Waals surface area contributed by atoms with E-state index in [1.54, 1.807) is 0 Å². The molecule has 1 aliphatic heterocycles. The molecule has 4 heteroatoms. The predicted octanol–water partition coefficient (Wildman–Crippen LogP) is 7.17. The number of rotatable bonds is 6. The molecule has 2 atom stereocenters. The number of fused-ring (bicyclic) bond motifs is 1. The molecule has 0 bridgehead atoms. The van der Waals surface area contributed by atoms with Crippen molar-refractivity contribution >= 4 is 23.1 Å². The van der Waals surface area contributed by atoms with Gasteiger partial charge in [-0.1, -0.05) is 92.6 Å². The Morgan fingerprint density at radius 3 is 2.23 bits per heavy atom. The number of Topliss-reactive ketones (excluding diaryl/α,β-unsaturated/α-hetero) is 1. The Bertz CT molecular complexity index is 1230. The Morgan fingerprint density at radius 1 is 0.857 bits per heavy atom. The molecule has 4 nitrogen and oxygen atoms in total. The first-order valence-corrected chi connectivity index (χ1v) is 12.7. The van der Waals surface area contributed by atoms with Crippen LogP contribution in [-0.4, -0.2) is 11.7 Å². The highest BCUT2D eigenvalue weighted by molar-refractivity contribution is 6.06. The highest BCUT2D eigenvalue weighted by Gasteiger charge is 2.41. The van der Waals surface area contributed by atoms with Crippen LogP contribution in [0.25, 0.3) is 0 Å². The van der Waals surface area contributed by atoms with Crippen molar-refractivity contribution in [1.29, 1.82) is 0 Å². The Balaban J connectivity index is 1.65. The Kier molecular flexibility index (Phi) is 6.80. The van der Waals surface area contributed by atoms with Crippen LogP contribution in [0.15, 0.2) is 96.2 Å². The van der Waals surface area contributed by atoms with Crippen molar-refractivity contribution in [2.24, 2.45) is 0 Å². The molecule has 5 rings (SSSR count). The normalized spacial score (nSPS) is 19.5. The zero-order valence-electron chi connectivity index (χ0n) is 20.2. The van der Waals surface area contributed by atoms with Crippen molar-refractivity contribution in [1.82, 2.24) is 0 Å². The van der Waals surface area contributed by atoms with Crippen LogP contribution in [0.3, 0.4) is 0 Å². The number of carbonyl (C=O) groups is 2. The maximum Gasteiger partial charge on any atom is 0.227 e. The fourth-order valence-corrected chi connectivity index (χ4v) is 5.42. The fourth-order valence-electron chi connectivity index (χ4n) is 5.42. The molecule has 0 fully saturated rings. The van der Waals surface area contributed by atoms with E-state index in [0.29, 0.717) is 12.8 Å². The summed E-state index contributed by atoms with van der Waals surface area (Å²) in [6.07, 6.45) is 4.57. The van der Waals surface area contributed by atoms with E-state index in [1.165, 1.54) is 5.56 Å². The van der Waals surface area contributed by atoms with Gasteiger partial charge in [-0.2, -0.15) is 0 Å². The zero-order chi connectivity index (χ0) is 24.2. The van der Waals surface area contributed by atoms with Gasteiger partial charge in [0.25, 0.3) is 0 Å². The second-order valence-electron chi connectivity index (χ2n) is 9.51. The summed E-state index contributed by atoms with van der Waals surface area (Å²) in [7, 11) is 0. The first kappa shape index (κ1) is 23.1. The van der Waals surface area contributed by atoms with Crippen LogP contribution in [0.4, 0.5) is 11.4 Å². The number of carbonyl (C=O) groups excluding carboxylic acids is 2.